The highest BCUT2D eigenvalue weighted by Gasteiger charge is 2.65. The fourth-order valence-corrected chi connectivity index (χ4v) is 1.61. The van der Waals surface area contributed by atoms with E-state index >= 15 is 0 Å². The highest BCUT2D eigenvalue weighted by molar-refractivity contribution is 7.86. The van der Waals surface area contributed by atoms with Gasteiger partial charge in [0.05, 0.1) is 6.61 Å². The minimum Gasteiger partial charge on any atom is -0.462 e. The predicted molar refractivity (Wildman–Crippen MR) is 67.4 cm³/mol. The van der Waals surface area contributed by atoms with Crippen molar-refractivity contribution >= 4 is 22.1 Å². The molecule has 0 aromatic rings. The first kappa shape index (κ1) is 22.2. The van der Waals surface area contributed by atoms with Crippen molar-refractivity contribution < 1.29 is 54.0 Å². The summed E-state index contributed by atoms with van der Waals surface area (Å²) < 4.78 is 101. The zero-order valence-corrected chi connectivity index (χ0v) is 12.9. The van der Waals surface area contributed by atoms with Gasteiger partial charge in [0.1, 0.15) is 0 Å². The SMILES string of the molecule is C=C(C)C(=O)OCCCC(=O)OC(C(F)(F)F)C(F)(F)S(=O)(=O)O. The first-order valence-electron chi connectivity index (χ1n) is 6.04. The Morgan fingerprint density at radius 3 is 2.08 bits per heavy atom. The lowest BCUT2D eigenvalue weighted by molar-refractivity contribution is -0.259. The van der Waals surface area contributed by atoms with Gasteiger partial charge < -0.3 is 9.47 Å². The molecule has 0 heterocycles. The molecule has 0 spiro atoms. The molecular weight excluding hydrogens is 371 g/mol. The van der Waals surface area contributed by atoms with Crippen molar-refractivity contribution in [3.05, 3.63) is 12.2 Å². The van der Waals surface area contributed by atoms with Crippen molar-refractivity contribution in [2.45, 2.75) is 37.3 Å². The van der Waals surface area contributed by atoms with E-state index < -0.39 is 52.6 Å². The number of carbonyl (C=O) groups excluding carboxylic acids is 2. The molecule has 0 aliphatic heterocycles. The Hall–Kier alpha value is -1.76. The summed E-state index contributed by atoms with van der Waals surface area (Å²) in [6.45, 7) is 4.10. The van der Waals surface area contributed by atoms with E-state index in [9.17, 15) is 40.0 Å². The summed E-state index contributed by atoms with van der Waals surface area (Å²) >= 11 is 0. The fourth-order valence-electron chi connectivity index (χ4n) is 1.16. The van der Waals surface area contributed by atoms with Gasteiger partial charge in [-0.2, -0.15) is 30.4 Å². The van der Waals surface area contributed by atoms with Gasteiger partial charge in [-0.25, -0.2) is 4.79 Å². The topological polar surface area (TPSA) is 107 Å². The Morgan fingerprint density at radius 1 is 1.21 bits per heavy atom. The molecule has 0 aliphatic carbocycles. The van der Waals surface area contributed by atoms with Gasteiger partial charge in [-0.15, -0.1) is 0 Å². The molecule has 0 aromatic heterocycles. The Kier molecular flexibility index (Phi) is 7.30. The van der Waals surface area contributed by atoms with Crippen LogP contribution >= 0.6 is 0 Å². The van der Waals surface area contributed by atoms with Crippen molar-refractivity contribution in [2.75, 3.05) is 6.61 Å². The summed E-state index contributed by atoms with van der Waals surface area (Å²) in [6, 6.07) is 0. The molecule has 140 valence electrons. The largest absolute Gasteiger partial charge is 0.462 e. The smallest absolute Gasteiger partial charge is 0.432 e. The van der Waals surface area contributed by atoms with Crippen LogP contribution in [0.25, 0.3) is 0 Å². The summed E-state index contributed by atoms with van der Waals surface area (Å²) in [7, 11) is -6.49. The Morgan fingerprint density at radius 2 is 1.71 bits per heavy atom. The van der Waals surface area contributed by atoms with Gasteiger partial charge in [0, 0.05) is 12.0 Å². The van der Waals surface area contributed by atoms with Crippen LogP contribution in [0.15, 0.2) is 12.2 Å². The van der Waals surface area contributed by atoms with Crippen LogP contribution in [0.4, 0.5) is 22.0 Å². The van der Waals surface area contributed by atoms with Gasteiger partial charge in [0.2, 0.25) is 0 Å². The van der Waals surface area contributed by atoms with E-state index in [2.05, 4.69) is 16.1 Å². The Labute approximate surface area is 133 Å². The lowest BCUT2D eigenvalue weighted by Crippen LogP contribution is -2.52. The molecule has 13 heteroatoms. The highest BCUT2D eigenvalue weighted by Crippen LogP contribution is 2.38. The van der Waals surface area contributed by atoms with Crippen molar-refractivity contribution in [1.29, 1.82) is 0 Å². The fraction of sp³-hybridized carbons (Fsp3) is 0.636. The van der Waals surface area contributed by atoms with Crippen LogP contribution in [0.3, 0.4) is 0 Å². The van der Waals surface area contributed by atoms with Crippen molar-refractivity contribution in [3.63, 3.8) is 0 Å². The number of hydrogen-bond acceptors (Lipinski definition) is 6. The average molecular weight is 384 g/mol. The van der Waals surface area contributed by atoms with E-state index in [1.807, 2.05) is 0 Å². The van der Waals surface area contributed by atoms with Gasteiger partial charge in [0.15, 0.2) is 0 Å². The second-order valence-corrected chi connectivity index (χ2v) is 5.96. The van der Waals surface area contributed by atoms with E-state index in [-0.39, 0.29) is 12.0 Å². The molecule has 0 aromatic carbocycles. The van der Waals surface area contributed by atoms with Gasteiger partial charge in [0.25, 0.3) is 6.10 Å². The molecule has 7 nitrogen and oxygen atoms in total. The number of esters is 2. The Balaban J connectivity index is 4.82. The molecule has 0 fully saturated rings. The summed E-state index contributed by atoms with van der Waals surface area (Å²) in [5, 5.41) is -5.78. The number of halogens is 5. The van der Waals surface area contributed by atoms with Crippen molar-refractivity contribution in [2.24, 2.45) is 0 Å². The second-order valence-electron chi connectivity index (χ2n) is 4.47. The van der Waals surface area contributed by atoms with Crippen LogP contribution in [-0.4, -0.2) is 49.1 Å². The van der Waals surface area contributed by atoms with Crippen molar-refractivity contribution in [3.8, 4) is 0 Å². The minimum atomic E-state index is -6.49. The zero-order valence-electron chi connectivity index (χ0n) is 12.1. The van der Waals surface area contributed by atoms with Gasteiger partial charge in [-0.1, -0.05) is 6.58 Å². The van der Waals surface area contributed by atoms with Crippen LogP contribution in [0, 0.1) is 0 Å². The number of rotatable bonds is 8. The molecule has 0 radical (unpaired) electrons. The lowest BCUT2D eigenvalue weighted by atomic mass is 10.3. The standard InChI is InChI=1S/C11H13F5O7S/c1-6(2)8(18)22-5-3-4-7(17)23-9(10(12,13)14)11(15,16)24(19,20)21/h9H,1,3-5H2,2H3,(H,19,20,21). The van der Waals surface area contributed by atoms with Crippen LogP contribution in [0.2, 0.25) is 0 Å². The zero-order chi connectivity index (χ0) is 19.3. The molecule has 0 rings (SSSR count). The first-order valence-corrected chi connectivity index (χ1v) is 7.48. The molecule has 0 bridgehead atoms. The van der Waals surface area contributed by atoms with Gasteiger partial charge >= 0.3 is 33.5 Å². The molecule has 0 saturated heterocycles. The normalized spacial score (nSPS) is 14.0. The Bertz CT molecular complexity index is 596. The monoisotopic (exact) mass is 384 g/mol. The number of carbonyl (C=O) groups is 2. The molecule has 24 heavy (non-hydrogen) atoms. The second kappa shape index (κ2) is 7.88. The van der Waals surface area contributed by atoms with E-state index in [1.54, 1.807) is 0 Å². The van der Waals surface area contributed by atoms with Gasteiger partial charge in [-0.3, -0.25) is 9.35 Å². The highest BCUT2D eigenvalue weighted by atomic mass is 32.2. The first-order chi connectivity index (χ1) is 10.6. The third-order valence-electron chi connectivity index (χ3n) is 2.30. The van der Waals surface area contributed by atoms with Crippen molar-refractivity contribution in [1.82, 2.24) is 0 Å². The van der Waals surface area contributed by atoms with Crippen LogP contribution < -0.4 is 0 Å². The van der Waals surface area contributed by atoms with E-state index in [1.165, 1.54) is 6.92 Å². The number of alkyl halides is 5. The maximum absolute atomic E-state index is 13.1. The average Bonchev–Trinajstić information content (AvgIpc) is 2.37. The summed E-state index contributed by atoms with van der Waals surface area (Å²) in [6.07, 6.45) is -11.6. The third-order valence-corrected chi connectivity index (χ3v) is 3.20. The molecule has 1 N–H and O–H groups in total. The van der Waals surface area contributed by atoms with E-state index in [0.717, 1.165) is 0 Å². The number of ether oxygens (including phenoxy) is 2. The summed E-state index contributed by atoms with van der Waals surface area (Å²) in [5.74, 6) is -2.67. The molecule has 0 amide bonds. The molecule has 0 aliphatic rings. The maximum Gasteiger partial charge on any atom is 0.432 e. The minimum absolute atomic E-state index is 0.0162. The van der Waals surface area contributed by atoms with E-state index in [4.69, 9.17) is 4.55 Å². The predicted octanol–water partition coefficient (Wildman–Crippen LogP) is 1.84. The van der Waals surface area contributed by atoms with Gasteiger partial charge in [-0.05, 0) is 13.3 Å². The van der Waals surface area contributed by atoms with E-state index in [0.29, 0.717) is 0 Å². The quantitative estimate of drug-likeness (QED) is 0.224. The molecule has 1 unspecified atom stereocenters. The number of hydrogen-bond donors (Lipinski definition) is 1. The maximum atomic E-state index is 13.1. The molecular formula is C11H13F5O7S. The summed E-state index contributed by atoms with van der Waals surface area (Å²) in [5.41, 5.74) is 0.0162. The van der Waals surface area contributed by atoms with Crippen LogP contribution in [0.5, 0.6) is 0 Å². The third kappa shape index (κ3) is 6.39. The molecule has 1 atom stereocenters. The lowest BCUT2D eigenvalue weighted by Gasteiger charge is -2.26. The van der Waals surface area contributed by atoms with Crippen LogP contribution in [-0.2, 0) is 29.2 Å². The van der Waals surface area contributed by atoms with Crippen LogP contribution in [0.1, 0.15) is 19.8 Å². The summed E-state index contributed by atoms with van der Waals surface area (Å²) in [4.78, 5) is 22.1. The molecule has 0 saturated carbocycles.